The number of ketones is 3. The van der Waals surface area contributed by atoms with Gasteiger partial charge < -0.3 is 0 Å². The van der Waals surface area contributed by atoms with E-state index in [1.807, 2.05) is 86.6 Å². The molecule has 0 saturated heterocycles. The summed E-state index contributed by atoms with van der Waals surface area (Å²) < 4.78 is 0. The molecule has 3 aromatic carbocycles. The van der Waals surface area contributed by atoms with Crippen LogP contribution in [-0.2, 0) is 52.9 Å². The molecule has 0 aromatic heterocycles. The molecule has 46 heavy (non-hydrogen) atoms. The molecule has 0 radical (unpaired) electrons. The Hall–Kier alpha value is -3.33. The number of hydrogen-bond acceptors (Lipinski definition) is 3. The van der Waals surface area contributed by atoms with Crippen molar-refractivity contribution in [1.82, 2.24) is 0 Å². The zero-order valence-corrected chi connectivity index (χ0v) is 30.4. The third-order valence-electron chi connectivity index (χ3n) is 7.83. The monoisotopic (exact) mass is 628 g/mol. The summed E-state index contributed by atoms with van der Waals surface area (Å²) in [6, 6.07) is 24.9. The van der Waals surface area contributed by atoms with Gasteiger partial charge in [0, 0.05) is 35.5 Å². The number of carbonyl (C=O) groups excluding carboxylic acids is 3. The Morgan fingerprint density at radius 3 is 0.957 bits per heavy atom. The van der Waals surface area contributed by atoms with Gasteiger partial charge in [-0.05, 0) is 52.6 Å². The van der Waals surface area contributed by atoms with Gasteiger partial charge in [-0.3, -0.25) is 14.4 Å². The molecule has 0 spiro atoms. The highest BCUT2D eigenvalue weighted by Gasteiger charge is 2.22. The molecule has 3 rings (SSSR count). The van der Waals surface area contributed by atoms with Crippen molar-refractivity contribution in [3.05, 3.63) is 106 Å². The van der Waals surface area contributed by atoms with E-state index >= 15 is 0 Å². The van der Waals surface area contributed by atoms with Crippen molar-refractivity contribution in [1.29, 1.82) is 0 Å². The van der Waals surface area contributed by atoms with Crippen molar-refractivity contribution in [3.63, 3.8) is 0 Å². The maximum atomic E-state index is 11.8. The van der Waals surface area contributed by atoms with E-state index in [2.05, 4.69) is 69.3 Å². The van der Waals surface area contributed by atoms with Crippen LogP contribution in [0.3, 0.4) is 0 Å². The van der Waals surface area contributed by atoms with E-state index in [0.717, 1.165) is 36.0 Å². The number of carbonyl (C=O) groups is 3. The van der Waals surface area contributed by atoms with Crippen LogP contribution in [0, 0.1) is 16.2 Å². The third-order valence-corrected chi connectivity index (χ3v) is 7.83. The van der Waals surface area contributed by atoms with Crippen LogP contribution in [0.15, 0.2) is 72.8 Å². The van der Waals surface area contributed by atoms with Crippen molar-refractivity contribution in [2.45, 2.75) is 129 Å². The van der Waals surface area contributed by atoms with E-state index in [0.29, 0.717) is 36.6 Å². The zero-order valence-electron chi connectivity index (χ0n) is 30.4. The second kappa shape index (κ2) is 19.4. The highest BCUT2D eigenvalue weighted by molar-refractivity contribution is 5.86. The molecule has 0 amide bonds. The topological polar surface area (TPSA) is 51.2 Å². The standard InChI is InChI=1S/3C14H20O.CH4/c1-5-11-6-8-12(9-7-11)10-13(15)14(2,3)4;2*1-5-11-7-6-8-12(9-11)10-13(15)14(2,3)4;/h3*6-9H,5,10H2,1-4H3;1H4. The van der Waals surface area contributed by atoms with E-state index in [1.165, 1.54) is 16.7 Å². The lowest BCUT2D eigenvalue weighted by Crippen LogP contribution is -2.22. The van der Waals surface area contributed by atoms with Crippen LogP contribution >= 0.6 is 0 Å². The SMILES string of the molecule is C.CCc1ccc(CC(=O)C(C)(C)C)cc1.CCc1cccc(CC(=O)C(C)(C)C)c1.CCc1cccc(CC(=O)C(C)(C)C)c1. The smallest absolute Gasteiger partial charge is 0.142 e. The average molecular weight is 629 g/mol. The molecule has 0 bridgehead atoms. The Morgan fingerprint density at radius 1 is 0.413 bits per heavy atom. The normalized spacial score (nSPS) is 11.2. The van der Waals surface area contributed by atoms with Gasteiger partial charge in [0.15, 0.2) is 0 Å². The largest absolute Gasteiger partial charge is 0.299 e. The fourth-order valence-electron chi connectivity index (χ4n) is 4.16. The minimum absolute atomic E-state index is 0. The minimum atomic E-state index is -0.234. The lowest BCUT2D eigenvalue weighted by Gasteiger charge is -2.16. The first kappa shape index (κ1) is 42.7. The maximum absolute atomic E-state index is 11.8. The molecule has 0 aliphatic carbocycles. The van der Waals surface area contributed by atoms with Gasteiger partial charge in [0.2, 0.25) is 0 Å². The molecule has 0 fully saturated rings. The second-order valence-corrected chi connectivity index (χ2v) is 15.1. The first-order valence-electron chi connectivity index (χ1n) is 16.6. The third kappa shape index (κ3) is 16.3. The van der Waals surface area contributed by atoms with E-state index in [-0.39, 0.29) is 23.7 Å². The summed E-state index contributed by atoms with van der Waals surface area (Å²) in [5, 5.41) is 0. The molecule has 0 aliphatic rings. The van der Waals surface area contributed by atoms with Crippen LogP contribution in [0.2, 0.25) is 0 Å². The fraction of sp³-hybridized carbons (Fsp3) is 0.512. The van der Waals surface area contributed by atoms with E-state index in [1.54, 1.807) is 0 Å². The quantitative estimate of drug-likeness (QED) is 0.237. The lowest BCUT2D eigenvalue weighted by molar-refractivity contribution is -0.126. The Morgan fingerprint density at radius 2 is 0.674 bits per heavy atom. The second-order valence-electron chi connectivity index (χ2n) is 15.1. The molecular formula is C43H64O3. The molecule has 254 valence electrons. The molecule has 0 saturated carbocycles. The minimum Gasteiger partial charge on any atom is -0.299 e. The van der Waals surface area contributed by atoms with Crippen LogP contribution < -0.4 is 0 Å². The molecule has 0 heterocycles. The summed E-state index contributed by atoms with van der Waals surface area (Å²) in [6.45, 7) is 24.1. The first-order valence-corrected chi connectivity index (χ1v) is 16.6. The summed E-state index contributed by atoms with van der Waals surface area (Å²) in [7, 11) is 0. The van der Waals surface area contributed by atoms with Crippen LogP contribution in [0.4, 0.5) is 0 Å². The van der Waals surface area contributed by atoms with Gasteiger partial charge in [0.05, 0.1) is 0 Å². The lowest BCUT2D eigenvalue weighted by atomic mass is 9.87. The summed E-state index contributed by atoms with van der Waals surface area (Å²) in [5.41, 5.74) is 6.61. The van der Waals surface area contributed by atoms with Gasteiger partial charge in [-0.1, -0.05) is 163 Å². The van der Waals surface area contributed by atoms with Crippen LogP contribution in [0.1, 0.15) is 124 Å². The molecule has 0 atom stereocenters. The van der Waals surface area contributed by atoms with Crippen molar-refractivity contribution in [2.75, 3.05) is 0 Å². The van der Waals surface area contributed by atoms with Gasteiger partial charge in [0.1, 0.15) is 17.3 Å². The van der Waals surface area contributed by atoms with Crippen molar-refractivity contribution < 1.29 is 14.4 Å². The summed E-state index contributed by atoms with van der Waals surface area (Å²) in [6.07, 6.45) is 4.75. The maximum Gasteiger partial charge on any atom is 0.142 e. The molecule has 3 heteroatoms. The Balaban J connectivity index is 0.000000653. The highest BCUT2D eigenvalue weighted by atomic mass is 16.1. The van der Waals surface area contributed by atoms with Gasteiger partial charge >= 0.3 is 0 Å². The molecule has 3 aromatic rings. The fourth-order valence-corrected chi connectivity index (χ4v) is 4.16. The summed E-state index contributed by atoms with van der Waals surface area (Å²) in [4.78, 5) is 35.5. The number of benzene rings is 3. The zero-order chi connectivity index (χ0) is 34.4. The first-order chi connectivity index (χ1) is 20.8. The van der Waals surface area contributed by atoms with Crippen LogP contribution in [0.25, 0.3) is 0 Å². The van der Waals surface area contributed by atoms with Crippen molar-refractivity contribution in [2.24, 2.45) is 16.2 Å². The van der Waals surface area contributed by atoms with Crippen LogP contribution in [0.5, 0.6) is 0 Å². The van der Waals surface area contributed by atoms with E-state index < -0.39 is 0 Å². The number of Topliss-reactive ketones (excluding diaryl/α,β-unsaturated/α-hetero) is 3. The molecule has 0 unspecified atom stereocenters. The van der Waals surface area contributed by atoms with E-state index in [4.69, 9.17) is 0 Å². The van der Waals surface area contributed by atoms with Crippen molar-refractivity contribution >= 4 is 17.3 Å². The number of aryl methyl sites for hydroxylation is 3. The Bertz CT molecular complexity index is 1290. The Kier molecular flexibility index (Phi) is 18.0. The van der Waals surface area contributed by atoms with Crippen molar-refractivity contribution in [3.8, 4) is 0 Å². The van der Waals surface area contributed by atoms with E-state index in [9.17, 15) is 14.4 Å². The van der Waals surface area contributed by atoms with Crippen LogP contribution in [-0.4, -0.2) is 17.3 Å². The predicted molar refractivity (Wildman–Crippen MR) is 199 cm³/mol. The van der Waals surface area contributed by atoms with Gasteiger partial charge in [-0.25, -0.2) is 0 Å². The highest BCUT2D eigenvalue weighted by Crippen LogP contribution is 2.20. The molecular weight excluding hydrogens is 564 g/mol. The predicted octanol–water partition coefficient (Wildman–Crippen LogP) is 10.9. The average Bonchev–Trinajstić information content (AvgIpc) is 2.97. The van der Waals surface area contributed by atoms with Gasteiger partial charge in [-0.2, -0.15) is 0 Å². The molecule has 3 nitrogen and oxygen atoms in total. The number of hydrogen-bond donors (Lipinski definition) is 0. The summed E-state index contributed by atoms with van der Waals surface area (Å²) in [5.74, 6) is 0.901. The van der Waals surface area contributed by atoms with Gasteiger partial charge in [-0.15, -0.1) is 0 Å². The molecule has 0 aliphatic heterocycles. The van der Waals surface area contributed by atoms with Gasteiger partial charge in [0.25, 0.3) is 0 Å². The molecule has 0 N–H and O–H groups in total. The Labute approximate surface area is 282 Å². The summed E-state index contributed by atoms with van der Waals surface area (Å²) >= 11 is 0. The number of rotatable bonds is 9.